The number of carbonyl (C=O) groups excluding carboxylic acids is 1. The average molecular weight is 229 g/mol. The van der Waals surface area contributed by atoms with Crippen molar-refractivity contribution in [1.29, 1.82) is 0 Å². The highest BCUT2D eigenvalue weighted by Gasteiger charge is 2.07. The molecule has 0 aliphatic rings. The molecule has 2 rings (SSSR count). The first kappa shape index (κ1) is 11.4. The van der Waals surface area contributed by atoms with Crippen molar-refractivity contribution in [2.24, 2.45) is 0 Å². The summed E-state index contributed by atoms with van der Waals surface area (Å²) in [5.74, 6) is -0.0389. The Hall–Kier alpha value is -2.10. The standard InChI is InChI=1S/C13H15N3O/c1-9-4-3-5-12(10(9)2)15-13(17)8-11-6-7-14-16-11/h3-7H,8H2,1-2H3,(H,14,16)(H,15,17). The smallest absolute Gasteiger partial charge is 0.230 e. The van der Waals surface area contributed by atoms with E-state index in [9.17, 15) is 4.79 Å². The third kappa shape index (κ3) is 2.72. The predicted molar refractivity (Wildman–Crippen MR) is 66.8 cm³/mol. The second-order valence-electron chi connectivity index (χ2n) is 4.05. The molecule has 0 saturated heterocycles. The highest BCUT2D eigenvalue weighted by atomic mass is 16.1. The van der Waals surface area contributed by atoms with Crippen molar-refractivity contribution < 1.29 is 4.79 Å². The van der Waals surface area contributed by atoms with Crippen LogP contribution in [0.15, 0.2) is 30.5 Å². The number of nitrogens with one attached hydrogen (secondary N) is 2. The van der Waals surface area contributed by atoms with Crippen LogP contribution in [0.2, 0.25) is 0 Å². The van der Waals surface area contributed by atoms with Gasteiger partial charge < -0.3 is 5.32 Å². The molecule has 88 valence electrons. The van der Waals surface area contributed by atoms with Crippen LogP contribution >= 0.6 is 0 Å². The Morgan fingerprint density at radius 2 is 2.18 bits per heavy atom. The summed E-state index contributed by atoms with van der Waals surface area (Å²) in [4.78, 5) is 11.8. The lowest BCUT2D eigenvalue weighted by molar-refractivity contribution is -0.115. The fourth-order valence-electron chi connectivity index (χ4n) is 1.64. The summed E-state index contributed by atoms with van der Waals surface area (Å²) in [6, 6.07) is 7.67. The molecule has 17 heavy (non-hydrogen) atoms. The van der Waals surface area contributed by atoms with E-state index in [1.807, 2.05) is 32.0 Å². The highest BCUT2D eigenvalue weighted by Crippen LogP contribution is 2.17. The molecule has 0 aliphatic heterocycles. The number of carbonyl (C=O) groups is 1. The summed E-state index contributed by atoms with van der Waals surface area (Å²) in [5.41, 5.74) is 3.96. The largest absolute Gasteiger partial charge is 0.326 e. The molecule has 1 amide bonds. The van der Waals surface area contributed by atoms with Crippen LogP contribution in [-0.4, -0.2) is 16.1 Å². The maximum absolute atomic E-state index is 11.8. The maximum Gasteiger partial charge on any atom is 0.230 e. The fourth-order valence-corrected chi connectivity index (χ4v) is 1.64. The number of amides is 1. The topological polar surface area (TPSA) is 57.8 Å². The molecular formula is C13H15N3O. The molecule has 1 aromatic heterocycles. The minimum atomic E-state index is -0.0389. The van der Waals surface area contributed by atoms with E-state index in [0.717, 1.165) is 16.9 Å². The Kier molecular flexibility index (Phi) is 3.23. The van der Waals surface area contributed by atoms with Crippen LogP contribution in [0.3, 0.4) is 0 Å². The SMILES string of the molecule is Cc1cccc(NC(=O)Cc2ccn[nH]2)c1C. The van der Waals surface area contributed by atoms with Crippen LogP contribution in [0.1, 0.15) is 16.8 Å². The molecule has 4 heteroatoms. The van der Waals surface area contributed by atoms with Gasteiger partial charge >= 0.3 is 0 Å². The Morgan fingerprint density at radius 3 is 2.88 bits per heavy atom. The first-order valence-corrected chi connectivity index (χ1v) is 5.51. The van der Waals surface area contributed by atoms with Crippen molar-refractivity contribution in [1.82, 2.24) is 10.2 Å². The van der Waals surface area contributed by atoms with Crippen LogP contribution in [-0.2, 0) is 11.2 Å². The highest BCUT2D eigenvalue weighted by molar-refractivity contribution is 5.92. The van der Waals surface area contributed by atoms with Crippen LogP contribution in [0.25, 0.3) is 0 Å². The number of aromatic nitrogens is 2. The van der Waals surface area contributed by atoms with Gasteiger partial charge in [-0.05, 0) is 37.1 Å². The number of rotatable bonds is 3. The number of benzene rings is 1. The number of anilines is 1. The number of aromatic amines is 1. The molecule has 2 N–H and O–H groups in total. The van der Waals surface area contributed by atoms with Gasteiger partial charge in [0.25, 0.3) is 0 Å². The zero-order valence-corrected chi connectivity index (χ0v) is 9.95. The van der Waals surface area contributed by atoms with E-state index in [1.54, 1.807) is 12.3 Å². The summed E-state index contributed by atoms with van der Waals surface area (Å²) < 4.78 is 0. The van der Waals surface area contributed by atoms with Crippen molar-refractivity contribution in [2.45, 2.75) is 20.3 Å². The van der Waals surface area contributed by atoms with E-state index >= 15 is 0 Å². The van der Waals surface area contributed by atoms with E-state index in [4.69, 9.17) is 0 Å². The zero-order chi connectivity index (χ0) is 12.3. The molecule has 0 aliphatic carbocycles. The Labute approximate surface area is 100 Å². The predicted octanol–water partition coefficient (Wildman–Crippen LogP) is 2.21. The zero-order valence-electron chi connectivity index (χ0n) is 9.95. The maximum atomic E-state index is 11.8. The van der Waals surface area contributed by atoms with Gasteiger partial charge in [0.15, 0.2) is 0 Å². The van der Waals surface area contributed by atoms with Crippen LogP contribution in [0, 0.1) is 13.8 Å². The lowest BCUT2D eigenvalue weighted by Gasteiger charge is -2.09. The van der Waals surface area contributed by atoms with Gasteiger partial charge in [-0.15, -0.1) is 0 Å². The Bertz CT molecular complexity index is 517. The fraction of sp³-hybridized carbons (Fsp3) is 0.231. The molecule has 4 nitrogen and oxygen atoms in total. The lowest BCUT2D eigenvalue weighted by Crippen LogP contribution is -2.15. The van der Waals surface area contributed by atoms with Crippen LogP contribution < -0.4 is 5.32 Å². The minimum absolute atomic E-state index is 0.0389. The monoisotopic (exact) mass is 229 g/mol. The van der Waals surface area contributed by atoms with E-state index in [2.05, 4.69) is 15.5 Å². The summed E-state index contributed by atoms with van der Waals surface area (Å²) in [5, 5.41) is 9.48. The summed E-state index contributed by atoms with van der Waals surface area (Å²) in [6.07, 6.45) is 1.95. The van der Waals surface area contributed by atoms with Gasteiger partial charge in [-0.1, -0.05) is 12.1 Å². The second-order valence-corrected chi connectivity index (χ2v) is 4.05. The van der Waals surface area contributed by atoms with Crippen LogP contribution in [0.4, 0.5) is 5.69 Å². The second kappa shape index (κ2) is 4.82. The van der Waals surface area contributed by atoms with Gasteiger partial charge in [-0.3, -0.25) is 9.89 Å². The normalized spacial score (nSPS) is 10.2. The summed E-state index contributed by atoms with van der Waals surface area (Å²) in [6.45, 7) is 4.03. The van der Waals surface area contributed by atoms with Crippen molar-refractivity contribution >= 4 is 11.6 Å². The molecule has 1 heterocycles. The van der Waals surface area contributed by atoms with Gasteiger partial charge in [-0.25, -0.2) is 0 Å². The van der Waals surface area contributed by atoms with E-state index in [1.165, 1.54) is 5.56 Å². The van der Waals surface area contributed by atoms with Gasteiger partial charge in [0.1, 0.15) is 0 Å². The Morgan fingerprint density at radius 1 is 1.35 bits per heavy atom. The molecule has 1 aromatic carbocycles. The number of hydrogen-bond donors (Lipinski definition) is 2. The van der Waals surface area contributed by atoms with Crippen molar-refractivity contribution in [3.8, 4) is 0 Å². The van der Waals surface area contributed by atoms with Gasteiger partial charge in [-0.2, -0.15) is 5.10 Å². The average Bonchev–Trinajstić information content (AvgIpc) is 2.77. The van der Waals surface area contributed by atoms with Crippen molar-refractivity contribution in [2.75, 3.05) is 5.32 Å². The first-order valence-electron chi connectivity index (χ1n) is 5.51. The number of nitrogens with zero attached hydrogens (tertiary/aromatic N) is 1. The van der Waals surface area contributed by atoms with Gasteiger partial charge in [0, 0.05) is 17.6 Å². The third-order valence-electron chi connectivity index (χ3n) is 2.79. The molecule has 0 fully saturated rings. The molecule has 0 radical (unpaired) electrons. The van der Waals surface area contributed by atoms with Gasteiger partial charge in [0.05, 0.1) is 6.42 Å². The lowest BCUT2D eigenvalue weighted by atomic mass is 10.1. The Balaban J connectivity index is 2.06. The van der Waals surface area contributed by atoms with Gasteiger partial charge in [0.2, 0.25) is 5.91 Å². The summed E-state index contributed by atoms with van der Waals surface area (Å²) >= 11 is 0. The van der Waals surface area contributed by atoms with E-state index in [-0.39, 0.29) is 5.91 Å². The molecule has 0 unspecified atom stereocenters. The van der Waals surface area contributed by atoms with Crippen molar-refractivity contribution in [3.05, 3.63) is 47.3 Å². The minimum Gasteiger partial charge on any atom is -0.326 e. The number of aryl methyl sites for hydroxylation is 1. The van der Waals surface area contributed by atoms with E-state index < -0.39 is 0 Å². The third-order valence-corrected chi connectivity index (χ3v) is 2.79. The molecular weight excluding hydrogens is 214 g/mol. The quantitative estimate of drug-likeness (QED) is 0.847. The van der Waals surface area contributed by atoms with E-state index in [0.29, 0.717) is 6.42 Å². The number of H-pyrrole nitrogens is 1. The molecule has 0 saturated carbocycles. The molecule has 0 bridgehead atoms. The number of hydrogen-bond acceptors (Lipinski definition) is 2. The molecule has 0 spiro atoms. The molecule has 0 atom stereocenters. The van der Waals surface area contributed by atoms with Crippen molar-refractivity contribution in [3.63, 3.8) is 0 Å². The first-order chi connectivity index (χ1) is 8.16. The molecule has 2 aromatic rings. The summed E-state index contributed by atoms with van der Waals surface area (Å²) in [7, 11) is 0. The van der Waals surface area contributed by atoms with Crippen LogP contribution in [0.5, 0.6) is 0 Å².